The molecule has 0 fully saturated rings. The van der Waals surface area contributed by atoms with Crippen LogP contribution in [0.4, 0.5) is 0 Å². The second kappa shape index (κ2) is 6.38. The number of rotatable bonds is 2. The van der Waals surface area contributed by atoms with Crippen LogP contribution in [0.1, 0.15) is 16.7 Å². The van der Waals surface area contributed by atoms with Crippen LogP contribution in [0.25, 0.3) is 44.1 Å². The van der Waals surface area contributed by atoms with Crippen LogP contribution in [0.2, 0.25) is 0 Å². The van der Waals surface area contributed by atoms with Crippen LogP contribution in [0.3, 0.4) is 0 Å². The van der Waals surface area contributed by atoms with E-state index in [-0.39, 0.29) is 0 Å². The minimum absolute atomic E-state index is 1.19. The molecule has 1 nitrogen and oxygen atoms in total. The number of benzene rings is 4. The summed E-state index contributed by atoms with van der Waals surface area (Å²) in [4.78, 5) is 3.57. The molecule has 136 valence electrons. The predicted octanol–water partition coefficient (Wildman–Crippen LogP) is 7.58. The summed E-state index contributed by atoms with van der Waals surface area (Å²) in [5, 5.41) is 2.56. The van der Waals surface area contributed by atoms with Crippen molar-refractivity contribution in [3.05, 3.63) is 95.6 Å². The number of hydrogen-bond donors (Lipinski definition) is 1. The maximum absolute atomic E-state index is 3.57. The number of hydrogen-bond acceptors (Lipinski definition) is 0. The third-order valence-electron chi connectivity index (χ3n) is 5.75. The normalized spacial score (nSPS) is 11.4. The van der Waals surface area contributed by atoms with Crippen molar-refractivity contribution in [3.63, 3.8) is 0 Å². The number of H-pyrrole nitrogens is 1. The van der Waals surface area contributed by atoms with E-state index in [1.807, 2.05) is 0 Å². The van der Waals surface area contributed by atoms with E-state index in [2.05, 4.69) is 105 Å². The molecular formula is C27H23N. The molecule has 1 N–H and O–H groups in total. The maximum atomic E-state index is 3.57. The molecule has 4 aromatic carbocycles. The summed E-state index contributed by atoms with van der Waals surface area (Å²) in [7, 11) is 0. The second-order valence-corrected chi connectivity index (χ2v) is 7.78. The Morgan fingerprint density at radius 3 is 1.75 bits per heavy atom. The van der Waals surface area contributed by atoms with E-state index in [1.54, 1.807) is 0 Å². The summed E-state index contributed by atoms with van der Waals surface area (Å²) in [6.07, 6.45) is 0. The van der Waals surface area contributed by atoms with Crippen LogP contribution >= 0.6 is 0 Å². The van der Waals surface area contributed by atoms with Crippen molar-refractivity contribution in [2.45, 2.75) is 20.8 Å². The highest BCUT2D eigenvalue weighted by atomic mass is 14.7. The van der Waals surface area contributed by atoms with Crippen molar-refractivity contribution >= 4 is 21.8 Å². The van der Waals surface area contributed by atoms with Gasteiger partial charge >= 0.3 is 0 Å². The van der Waals surface area contributed by atoms with Gasteiger partial charge in [-0.3, -0.25) is 0 Å². The Morgan fingerprint density at radius 2 is 1.14 bits per heavy atom. The molecule has 5 rings (SSSR count). The van der Waals surface area contributed by atoms with Crippen molar-refractivity contribution in [1.82, 2.24) is 4.98 Å². The van der Waals surface area contributed by atoms with Crippen LogP contribution < -0.4 is 0 Å². The highest BCUT2D eigenvalue weighted by Gasteiger charge is 2.10. The Hall–Kier alpha value is -3.32. The van der Waals surface area contributed by atoms with E-state index in [0.717, 1.165) is 0 Å². The highest BCUT2D eigenvalue weighted by Crippen LogP contribution is 2.34. The number of aryl methyl sites for hydroxylation is 3. The van der Waals surface area contributed by atoms with Gasteiger partial charge in [-0.2, -0.15) is 0 Å². The van der Waals surface area contributed by atoms with Gasteiger partial charge < -0.3 is 4.98 Å². The second-order valence-electron chi connectivity index (χ2n) is 7.78. The molecule has 0 aliphatic rings. The van der Waals surface area contributed by atoms with Crippen molar-refractivity contribution in [2.75, 3.05) is 0 Å². The monoisotopic (exact) mass is 361 g/mol. The lowest BCUT2D eigenvalue weighted by atomic mass is 9.96. The van der Waals surface area contributed by atoms with Crippen LogP contribution in [0, 0.1) is 20.8 Å². The Balaban J connectivity index is 1.72. The van der Waals surface area contributed by atoms with E-state index in [0.29, 0.717) is 0 Å². The summed E-state index contributed by atoms with van der Waals surface area (Å²) in [5.41, 5.74) is 11.4. The molecular weight excluding hydrogens is 338 g/mol. The van der Waals surface area contributed by atoms with Crippen molar-refractivity contribution in [2.24, 2.45) is 0 Å². The molecule has 0 saturated heterocycles. The van der Waals surface area contributed by atoms with Gasteiger partial charge in [0.1, 0.15) is 0 Å². The Kier molecular flexibility index (Phi) is 3.84. The fraction of sp³-hybridized carbons (Fsp3) is 0.111. The number of aromatic amines is 1. The molecule has 1 heteroatoms. The van der Waals surface area contributed by atoms with Crippen LogP contribution in [0.15, 0.2) is 78.9 Å². The Labute approximate surface area is 165 Å². The molecule has 0 aliphatic carbocycles. The average Bonchev–Trinajstić information content (AvgIpc) is 3.05. The maximum Gasteiger partial charge on any atom is 0.0465 e. The van der Waals surface area contributed by atoms with Gasteiger partial charge in [0, 0.05) is 21.8 Å². The first kappa shape index (κ1) is 16.8. The van der Waals surface area contributed by atoms with Crippen LogP contribution in [0.5, 0.6) is 0 Å². The molecule has 0 saturated carbocycles. The smallest absolute Gasteiger partial charge is 0.0465 e. The third kappa shape index (κ3) is 2.71. The lowest BCUT2D eigenvalue weighted by molar-refractivity contribution is 1.38. The highest BCUT2D eigenvalue weighted by molar-refractivity contribution is 6.09. The van der Waals surface area contributed by atoms with E-state index in [1.165, 1.54) is 60.8 Å². The summed E-state index contributed by atoms with van der Waals surface area (Å²) < 4.78 is 0. The van der Waals surface area contributed by atoms with Gasteiger partial charge in [-0.15, -0.1) is 0 Å². The molecule has 0 bridgehead atoms. The zero-order chi connectivity index (χ0) is 19.3. The lowest BCUT2D eigenvalue weighted by Crippen LogP contribution is -1.85. The molecule has 0 atom stereocenters. The van der Waals surface area contributed by atoms with E-state index >= 15 is 0 Å². The van der Waals surface area contributed by atoms with Gasteiger partial charge in [0.15, 0.2) is 0 Å². The quantitative estimate of drug-likeness (QED) is 0.333. The van der Waals surface area contributed by atoms with Crippen LogP contribution in [-0.2, 0) is 0 Å². The number of fused-ring (bicyclic) bond motifs is 3. The minimum atomic E-state index is 1.19. The molecule has 0 aliphatic heterocycles. The van der Waals surface area contributed by atoms with Crippen molar-refractivity contribution in [3.8, 4) is 22.3 Å². The summed E-state index contributed by atoms with van der Waals surface area (Å²) in [6, 6.07) is 28.8. The molecule has 1 heterocycles. The standard InChI is InChI=1S/C27H23N/c1-17-8-11-23(19(3)14-17)21-10-13-27-25(16-21)24-15-20(9-12-26(24)28-27)22-7-5-4-6-18(22)2/h4-16,28H,1-3H3. The van der Waals surface area contributed by atoms with Gasteiger partial charge in [0.2, 0.25) is 0 Å². The fourth-order valence-electron chi connectivity index (χ4n) is 4.27. The third-order valence-corrected chi connectivity index (χ3v) is 5.75. The summed E-state index contributed by atoms with van der Waals surface area (Å²) in [6.45, 7) is 6.51. The van der Waals surface area contributed by atoms with Crippen molar-refractivity contribution < 1.29 is 0 Å². The Bertz CT molecular complexity index is 1340. The number of aromatic nitrogens is 1. The lowest BCUT2D eigenvalue weighted by Gasteiger charge is -2.08. The predicted molar refractivity (Wildman–Crippen MR) is 121 cm³/mol. The molecule has 28 heavy (non-hydrogen) atoms. The summed E-state index contributed by atoms with van der Waals surface area (Å²) >= 11 is 0. The van der Waals surface area contributed by atoms with Gasteiger partial charge in [-0.25, -0.2) is 0 Å². The van der Waals surface area contributed by atoms with E-state index < -0.39 is 0 Å². The van der Waals surface area contributed by atoms with E-state index in [9.17, 15) is 0 Å². The zero-order valence-electron chi connectivity index (χ0n) is 16.5. The van der Waals surface area contributed by atoms with Crippen molar-refractivity contribution in [1.29, 1.82) is 0 Å². The first-order valence-corrected chi connectivity index (χ1v) is 9.79. The molecule has 1 aromatic heterocycles. The van der Waals surface area contributed by atoms with Crippen LogP contribution in [-0.4, -0.2) is 4.98 Å². The van der Waals surface area contributed by atoms with E-state index in [4.69, 9.17) is 0 Å². The molecule has 5 aromatic rings. The van der Waals surface area contributed by atoms with Gasteiger partial charge in [-0.1, -0.05) is 60.2 Å². The molecule has 0 amide bonds. The van der Waals surface area contributed by atoms with Gasteiger partial charge in [0.05, 0.1) is 0 Å². The zero-order valence-corrected chi connectivity index (χ0v) is 16.5. The van der Waals surface area contributed by atoms with Gasteiger partial charge in [0.25, 0.3) is 0 Å². The average molecular weight is 361 g/mol. The first-order valence-electron chi connectivity index (χ1n) is 9.79. The molecule has 0 spiro atoms. The number of nitrogens with one attached hydrogen (secondary N) is 1. The largest absolute Gasteiger partial charge is 0.355 e. The molecule has 0 unspecified atom stereocenters. The minimum Gasteiger partial charge on any atom is -0.355 e. The summed E-state index contributed by atoms with van der Waals surface area (Å²) in [5.74, 6) is 0. The topological polar surface area (TPSA) is 15.8 Å². The first-order chi connectivity index (χ1) is 13.6. The van der Waals surface area contributed by atoms with Gasteiger partial charge in [-0.05, 0) is 78.4 Å². The SMILES string of the molecule is Cc1ccc(-c2ccc3[nH]c4ccc(-c5ccccc5C)cc4c3c2)c(C)c1. The fourth-order valence-corrected chi connectivity index (χ4v) is 4.27. The Morgan fingerprint density at radius 1 is 0.536 bits per heavy atom. The molecule has 0 radical (unpaired) electrons.